The smallest absolute Gasteiger partial charge is 0.328 e. The van der Waals surface area contributed by atoms with Gasteiger partial charge in [-0.05, 0) is 30.8 Å². The number of hydrogen-bond donors (Lipinski definition) is 1. The molecule has 0 rings (SSSR count). The van der Waals surface area contributed by atoms with Gasteiger partial charge in [0.1, 0.15) is 0 Å². The fourth-order valence-electron chi connectivity index (χ4n) is 2.29. The molecule has 2 nitrogen and oxygen atoms in total. The molecule has 0 fully saturated rings. The molecule has 0 spiro atoms. The van der Waals surface area contributed by atoms with Gasteiger partial charge in [0.15, 0.2) is 0 Å². The molecule has 1 unspecified atom stereocenters. The SMILES string of the molecule is CCCCC(CC)CC(=CC(=CC(=O)O)CC)CC. The van der Waals surface area contributed by atoms with Crippen molar-refractivity contribution in [3.63, 3.8) is 0 Å². The van der Waals surface area contributed by atoms with Crippen LogP contribution in [0.3, 0.4) is 0 Å². The highest BCUT2D eigenvalue weighted by Gasteiger charge is 2.08. The van der Waals surface area contributed by atoms with Crippen molar-refractivity contribution in [3.05, 3.63) is 23.3 Å². The van der Waals surface area contributed by atoms with Crippen LogP contribution in [-0.4, -0.2) is 11.1 Å². The van der Waals surface area contributed by atoms with Gasteiger partial charge in [-0.3, -0.25) is 0 Å². The summed E-state index contributed by atoms with van der Waals surface area (Å²) in [6.45, 7) is 8.65. The minimum atomic E-state index is -0.846. The zero-order valence-corrected chi connectivity index (χ0v) is 13.0. The second-order valence-electron chi connectivity index (χ2n) is 5.19. The molecule has 0 aliphatic carbocycles. The van der Waals surface area contributed by atoms with E-state index in [-0.39, 0.29) is 0 Å². The maximum atomic E-state index is 10.8. The van der Waals surface area contributed by atoms with Gasteiger partial charge in [-0.25, -0.2) is 4.79 Å². The second-order valence-corrected chi connectivity index (χ2v) is 5.19. The first-order valence-electron chi connectivity index (χ1n) is 7.70. The predicted molar refractivity (Wildman–Crippen MR) is 82.3 cm³/mol. The van der Waals surface area contributed by atoms with Crippen molar-refractivity contribution in [3.8, 4) is 0 Å². The lowest BCUT2D eigenvalue weighted by Gasteiger charge is -2.16. The molecule has 110 valence electrons. The summed E-state index contributed by atoms with van der Waals surface area (Å²) >= 11 is 0. The molecule has 19 heavy (non-hydrogen) atoms. The van der Waals surface area contributed by atoms with E-state index in [1.807, 2.05) is 6.92 Å². The summed E-state index contributed by atoms with van der Waals surface area (Å²) in [6, 6.07) is 0. The molecular formula is C17H30O2. The molecule has 0 aromatic heterocycles. The summed E-state index contributed by atoms with van der Waals surface area (Å²) < 4.78 is 0. The van der Waals surface area contributed by atoms with E-state index in [2.05, 4.69) is 26.8 Å². The summed E-state index contributed by atoms with van der Waals surface area (Å²) in [5.41, 5.74) is 2.31. The molecule has 0 saturated heterocycles. The third-order valence-electron chi connectivity index (χ3n) is 3.65. The lowest BCUT2D eigenvalue weighted by atomic mass is 9.90. The highest BCUT2D eigenvalue weighted by molar-refractivity contribution is 5.81. The molecule has 0 aliphatic rings. The molecule has 0 amide bonds. The predicted octanol–water partition coefficient (Wildman–Crippen LogP) is 5.35. The van der Waals surface area contributed by atoms with Crippen molar-refractivity contribution in [2.45, 2.75) is 72.6 Å². The van der Waals surface area contributed by atoms with E-state index in [0.717, 1.165) is 30.8 Å². The van der Waals surface area contributed by atoms with Gasteiger partial charge in [0.05, 0.1) is 0 Å². The molecule has 0 aliphatic heterocycles. The summed E-state index contributed by atoms with van der Waals surface area (Å²) in [6.07, 6.45) is 11.4. The molecule has 2 heteroatoms. The first-order chi connectivity index (χ1) is 9.07. The van der Waals surface area contributed by atoms with Crippen molar-refractivity contribution in [1.29, 1.82) is 0 Å². The molecular weight excluding hydrogens is 236 g/mol. The van der Waals surface area contributed by atoms with Gasteiger partial charge in [-0.15, -0.1) is 0 Å². The number of carbonyl (C=O) groups is 1. The van der Waals surface area contributed by atoms with Crippen LogP contribution in [0.5, 0.6) is 0 Å². The van der Waals surface area contributed by atoms with Gasteiger partial charge in [0, 0.05) is 6.08 Å². The van der Waals surface area contributed by atoms with Crippen molar-refractivity contribution in [2.75, 3.05) is 0 Å². The molecule has 0 bridgehead atoms. The van der Waals surface area contributed by atoms with E-state index in [1.54, 1.807) is 0 Å². The Hall–Kier alpha value is -1.05. The van der Waals surface area contributed by atoms with E-state index in [9.17, 15) is 4.79 Å². The molecule has 0 heterocycles. The van der Waals surface area contributed by atoms with Crippen LogP contribution < -0.4 is 0 Å². The summed E-state index contributed by atoms with van der Waals surface area (Å²) in [5, 5.41) is 8.84. The number of allylic oxidation sites excluding steroid dienone is 3. The lowest BCUT2D eigenvalue weighted by molar-refractivity contribution is -0.131. The minimum Gasteiger partial charge on any atom is -0.478 e. The molecule has 0 aromatic rings. The zero-order valence-electron chi connectivity index (χ0n) is 13.0. The van der Waals surface area contributed by atoms with Gasteiger partial charge in [-0.1, -0.05) is 65.0 Å². The van der Waals surface area contributed by atoms with E-state index in [1.165, 1.54) is 37.3 Å². The van der Waals surface area contributed by atoms with Gasteiger partial charge in [0.25, 0.3) is 0 Å². The molecule has 0 radical (unpaired) electrons. The van der Waals surface area contributed by atoms with Crippen LogP contribution in [0.15, 0.2) is 23.3 Å². The Balaban J connectivity index is 4.73. The van der Waals surface area contributed by atoms with Crippen molar-refractivity contribution >= 4 is 5.97 Å². The van der Waals surface area contributed by atoms with Crippen molar-refractivity contribution < 1.29 is 9.90 Å². The van der Waals surface area contributed by atoms with Crippen LogP contribution in [0, 0.1) is 5.92 Å². The number of unbranched alkanes of at least 4 members (excludes halogenated alkanes) is 1. The van der Waals surface area contributed by atoms with E-state index >= 15 is 0 Å². The number of aliphatic carboxylic acids is 1. The Morgan fingerprint density at radius 1 is 1.11 bits per heavy atom. The van der Waals surface area contributed by atoms with Crippen molar-refractivity contribution in [2.24, 2.45) is 5.92 Å². The van der Waals surface area contributed by atoms with Crippen LogP contribution in [0.4, 0.5) is 0 Å². The Morgan fingerprint density at radius 2 is 1.79 bits per heavy atom. The lowest BCUT2D eigenvalue weighted by Crippen LogP contribution is -2.01. The average Bonchev–Trinajstić information content (AvgIpc) is 2.40. The average molecular weight is 266 g/mol. The fraction of sp³-hybridized carbons (Fsp3) is 0.706. The first-order valence-corrected chi connectivity index (χ1v) is 7.70. The Kier molecular flexibility index (Phi) is 10.2. The molecule has 0 aromatic carbocycles. The van der Waals surface area contributed by atoms with Crippen LogP contribution in [0.2, 0.25) is 0 Å². The van der Waals surface area contributed by atoms with Crippen LogP contribution in [-0.2, 0) is 4.79 Å². The minimum absolute atomic E-state index is 0.745. The first kappa shape index (κ1) is 17.9. The number of carboxylic acid groups (broad SMARTS) is 1. The summed E-state index contributed by atoms with van der Waals surface area (Å²) in [5.74, 6) is -0.101. The third-order valence-corrected chi connectivity index (χ3v) is 3.65. The Bertz CT molecular complexity index is 313. The number of hydrogen-bond acceptors (Lipinski definition) is 1. The standard InChI is InChI=1S/C17H30O2/c1-5-9-10-14(6-2)11-15(7-3)12-16(8-4)13-17(18)19/h12-14H,5-11H2,1-4H3,(H,18,19). The third kappa shape index (κ3) is 8.63. The monoisotopic (exact) mass is 266 g/mol. The highest BCUT2D eigenvalue weighted by Crippen LogP contribution is 2.24. The van der Waals surface area contributed by atoms with Crippen LogP contribution in [0.25, 0.3) is 0 Å². The Morgan fingerprint density at radius 3 is 2.21 bits per heavy atom. The molecule has 0 saturated carbocycles. The van der Waals surface area contributed by atoms with E-state index in [0.29, 0.717) is 0 Å². The van der Waals surface area contributed by atoms with Gasteiger partial charge < -0.3 is 5.11 Å². The molecule has 1 atom stereocenters. The normalized spacial score (nSPS) is 14.5. The maximum Gasteiger partial charge on any atom is 0.328 e. The zero-order chi connectivity index (χ0) is 14.7. The second kappa shape index (κ2) is 10.8. The number of carboxylic acids is 1. The topological polar surface area (TPSA) is 37.3 Å². The maximum absolute atomic E-state index is 10.8. The largest absolute Gasteiger partial charge is 0.478 e. The summed E-state index contributed by atoms with van der Waals surface area (Å²) in [7, 11) is 0. The van der Waals surface area contributed by atoms with Crippen LogP contribution in [0.1, 0.15) is 72.6 Å². The van der Waals surface area contributed by atoms with E-state index in [4.69, 9.17) is 5.11 Å². The Labute approximate surface area is 118 Å². The summed E-state index contributed by atoms with van der Waals surface area (Å²) in [4.78, 5) is 10.8. The van der Waals surface area contributed by atoms with Crippen LogP contribution >= 0.6 is 0 Å². The van der Waals surface area contributed by atoms with Crippen molar-refractivity contribution in [1.82, 2.24) is 0 Å². The van der Waals surface area contributed by atoms with Gasteiger partial charge in [-0.2, -0.15) is 0 Å². The van der Waals surface area contributed by atoms with Gasteiger partial charge in [0.2, 0.25) is 0 Å². The van der Waals surface area contributed by atoms with E-state index < -0.39 is 5.97 Å². The quantitative estimate of drug-likeness (QED) is 0.427. The fourth-order valence-corrected chi connectivity index (χ4v) is 2.29. The van der Waals surface area contributed by atoms with Gasteiger partial charge >= 0.3 is 5.97 Å². The molecule has 1 N–H and O–H groups in total. The number of rotatable bonds is 10. The highest BCUT2D eigenvalue weighted by atomic mass is 16.4.